The van der Waals surface area contributed by atoms with E-state index in [1.54, 1.807) is 11.3 Å². The van der Waals surface area contributed by atoms with Gasteiger partial charge >= 0.3 is 0 Å². The predicted molar refractivity (Wildman–Crippen MR) is 146 cm³/mol. The molecule has 8 heteroatoms. The van der Waals surface area contributed by atoms with Crippen LogP contribution in [0, 0.1) is 0 Å². The summed E-state index contributed by atoms with van der Waals surface area (Å²) in [7, 11) is 0. The van der Waals surface area contributed by atoms with Crippen molar-refractivity contribution in [1.29, 1.82) is 0 Å². The van der Waals surface area contributed by atoms with Crippen molar-refractivity contribution in [3.63, 3.8) is 0 Å². The number of aldehydes is 1. The topological polar surface area (TPSA) is 87.7 Å². The van der Waals surface area contributed by atoms with Crippen molar-refractivity contribution in [2.24, 2.45) is 0 Å². The molecule has 3 aromatic rings. The average Bonchev–Trinajstić information content (AvgIpc) is 3.56. The van der Waals surface area contributed by atoms with E-state index in [1.165, 1.54) is 0 Å². The van der Waals surface area contributed by atoms with E-state index in [9.17, 15) is 14.4 Å². The maximum atomic E-state index is 14.0. The first-order valence-electron chi connectivity index (χ1n) is 12.7. The number of carbonyl (C=O) groups excluding carboxylic acids is 3. The van der Waals surface area contributed by atoms with E-state index >= 15 is 0 Å². The molecule has 0 aliphatic carbocycles. The fraction of sp³-hybridized carbons (Fsp3) is 0.414. The number of carbonyl (C=O) groups is 3. The number of rotatable bonds is 11. The second-order valence-electron chi connectivity index (χ2n) is 10.6. The Hall–Kier alpha value is -3.07. The molecule has 196 valence electrons. The summed E-state index contributed by atoms with van der Waals surface area (Å²) < 4.78 is 1.10. The standard InChI is InChI=1S/C29H35N3O4S/c1-28(2,3)36-32(20-34)24(16-22-18-37-25-13-8-7-12-23(22)25)27(35)31-29(19-33,26-14-9-15-30-26)17-21-10-5-4-6-11-21/h4-8,10-13,18-20,24,26,30H,9,14-17H2,1-3H3,(H,31,35)/t24-,26?,29+/m0/s1. The summed E-state index contributed by atoms with van der Waals surface area (Å²) in [5, 5.41) is 10.6. The Balaban J connectivity index is 1.69. The van der Waals surface area contributed by atoms with E-state index in [0.717, 1.165) is 51.9 Å². The van der Waals surface area contributed by atoms with Crippen LogP contribution < -0.4 is 10.6 Å². The van der Waals surface area contributed by atoms with Gasteiger partial charge in [-0.25, -0.2) is 5.06 Å². The molecule has 1 saturated heterocycles. The van der Waals surface area contributed by atoms with Gasteiger partial charge in [-0.2, -0.15) is 0 Å². The highest BCUT2D eigenvalue weighted by Crippen LogP contribution is 2.29. The Bertz CT molecular complexity index is 1220. The number of nitrogens with zero attached hydrogens (tertiary/aromatic N) is 1. The lowest BCUT2D eigenvalue weighted by Gasteiger charge is -2.38. The van der Waals surface area contributed by atoms with Gasteiger partial charge in [-0.15, -0.1) is 11.3 Å². The van der Waals surface area contributed by atoms with Gasteiger partial charge in [-0.1, -0.05) is 48.5 Å². The zero-order chi connectivity index (χ0) is 26.5. The summed E-state index contributed by atoms with van der Waals surface area (Å²) in [6.07, 6.45) is 3.69. The van der Waals surface area contributed by atoms with Crippen LogP contribution in [0.5, 0.6) is 0 Å². The van der Waals surface area contributed by atoms with E-state index < -0.39 is 23.1 Å². The normalized spacial score (nSPS) is 18.2. The molecular weight excluding hydrogens is 486 g/mol. The number of nitrogens with one attached hydrogen (secondary N) is 2. The lowest BCUT2D eigenvalue weighted by atomic mass is 9.83. The summed E-state index contributed by atoms with van der Waals surface area (Å²) >= 11 is 1.59. The number of hydroxylamine groups is 2. The predicted octanol–water partition coefficient (Wildman–Crippen LogP) is 4.05. The molecule has 0 bridgehead atoms. The van der Waals surface area contributed by atoms with Crippen LogP contribution in [-0.4, -0.2) is 53.4 Å². The molecule has 2 heterocycles. The largest absolute Gasteiger partial charge is 0.340 e. The molecule has 0 radical (unpaired) electrons. The van der Waals surface area contributed by atoms with Gasteiger partial charge < -0.3 is 15.4 Å². The first-order chi connectivity index (χ1) is 17.7. The van der Waals surface area contributed by atoms with Crippen LogP contribution >= 0.6 is 11.3 Å². The minimum atomic E-state index is -1.17. The van der Waals surface area contributed by atoms with Crippen molar-refractivity contribution < 1.29 is 19.2 Å². The minimum Gasteiger partial charge on any atom is -0.340 e. The van der Waals surface area contributed by atoms with Crippen LogP contribution in [0.3, 0.4) is 0 Å². The molecule has 2 amide bonds. The van der Waals surface area contributed by atoms with Crippen LogP contribution in [0.4, 0.5) is 0 Å². The monoisotopic (exact) mass is 521 g/mol. The number of amides is 2. The Labute approximate surface area is 222 Å². The molecular formula is C29H35N3O4S. The molecule has 1 unspecified atom stereocenters. The molecule has 1 aliphatic heterocycles. The maximum Gasteiger partial charge on any atom is 0.246 e. The first kappa shape index (κ1) is 27.0. The molecule has 4 rings (SSSR count). The molecule has 2 N–H and O–H groups in total. The Morgan fingerprint density at radius 1 is 1.16 bits per heavy atom. The summed E-state index contributed by atoms with van der Waals surface area (Å²) in [4.78, 5) is 45.0. The van der Waals surface area contributed by atoms with E-state index in [2.05, 4.69) is 10.6 Å². The van der Waals surface area contributed by atoms with Crippen molar-refractivity contribution in [3.8, 4) is 0 Å². The van der Waals surface area contributed by atoms with Gasteiger partial charge in [0.2, 0.25) is 12.3 Å². The zero-order valence-electron chi connectivity index (χ0n) is 21.6. The number of benzene rings is 2. The molecule has 37 heavy (non-hydrogen) atoms. The van der Waals surface area contributed by atoms with Gasteiger partial charge in [-0.3, -0.25) is 14.4 Å². The van der Waals surface area contributed by atoms with Crippen LogP contribution in [0.15, 0.2) is 60.0 Å². The van der Waals surface area contributed by atoms with Crippen LogP contribution in [0.25, 0.3) is 10.1 Å². The highest BCUT2D eigenvalue weighted by atomic mass is 32.1. The van der Waals surface area contributed by atoms with Gasteiger partial charge in [0.05, 0.1) is 5.60 Å². The van der Waals surface area contributed by atoms with Crippen molar-refractivity contribution >= 4 is 40.0 Å². The Morgan fingerprint density at radius 2 is 1.89 bits per heavy atom. The molecule has 0 saturated carbocycles. The maximum absolute atomic E-state index is 14.0. The van der Waals surface area contributed by atoms with Crippen molar-refractivity contribution in [2.45, 2.75) is 69.7 Å². The van der Waals surface area contributed by atoms with E-state index in [-0.39, 0.29) is 12.5 Å². The third kappa shape index (κ3) is 6.44. The third-order valence-electron chi connectivity index (χ3n) is 6.66. The number of fused-ring (bicyclic) bond motifs is 1. The summed E-state index contributed by atoms with van der Waals surface area (Å²) in [5.74, 6) is -0.427. The minimum absolute atomic E-state index is 0.218. The van der Waals surface area contributed by atoms with Crippen LogP contribution in [-0.2, 0) is 32.1 Å². The second-order valence-corrected chi connectivity index (χ2v) is 11.5. The van der Waals surface area contributed by atoms with E-state index in [4.69, 9.17) is 4.84 Å². The molecule has 1 aliphatic rings. The van der Waals surface area contributed by atoms with Crippen LogP contribution in [0.2, 0.25) is 0 Å². The average molecular weight is 522 g/mol. The van der Waals surface area contributed by atoms with Gasteiger partial charge in [0.1, 0.15) is 17.9 Å². The Morgan fingerprint density at radius 3 is 2.54 bits per heavy atom. The number of hydrogen-bond donors (Lipinski definition) is 2. The molecule has 1 fully saturated rings. The van der Waals surface area contributed by atoms with Crippen molar-refractivity contribution in [2.75, 3.05) is 6.54 Å². The van der Waals surface area contributed by atoms with Crippen molar-refractivity contribution in [3.05, 3.63) is 71.1 Å². The molecule has 7 nitrogen and oxygen atoms in total. The SMILES string of the molecule is CC(C)(C)ON(C=O)[C@@H](Cc1csc2ccccc12)C(=O)N[C@@](C=O)(Cc1ccccc1)C1CCCN1. The Kier molecular flexibility index (Phi) is 8.42. The smallest absolute Gasteiger partial charge is 0.246 e. The van der Waals surface area contributed by atoms with E-state index in [0.29, 0.717) is 12.8 Å². The van der Waals surface area contributed by atoms with Gasteiger partial charge in [0, 0.05) is 23.6 Å². The number of hydrogen-bond acceptors (Lipinski definition) is 6. The summed E-state index contributed by atoms with van der Waals surface area (Å²) in [5.41, 5.74) is 0.0285. The fourth-order valence-corrected chi connectivity index (χ4v) is 5.93. The second kappa shape index (κ2) is 11.5. The van der Waals surface area contributed by atoms with Gasteiger partial charge in [-0.05, 0) is 68.1 Å². The van der Waals surface area contributed by atoms with E-state index in [1.807, 2.05) is 80.7 Å². The molecule has 3 atom stereocenters. The number of thiophene rings is 1. The van der Waals surface area contributed by atoms with Crippen LogP contribution in [0.1, 0.15) is 44.7 Å². The highest BCUT2D eigenvalue weighted by Gasteiger charge is 2.44. The first-order valence-corrected chi connectivity index (χ1v) is 13.6. The lowest BCUT2D eigenvalue weighted by molar-refractivity contribution is -0.231. The molecule has 1 aromatic heterocycles. The van der Waals surface area contributed by atoms with Gasteiger partial charge in [0.15, 0.2) is 0 Å². The quantitative estimate of drug-likeness (QED) is 0.294. The fourth-order valence-electron chi connectivity index (χ4n) is 4.95. The lowest BCUT2D eigenvalue weighted by Crippen LogP contribution is -2.65. The third-order valence-corrected chi connectivity index (χ3v) is 7.67. The summed E-state index contributed by atoms with van der Waals surface area (Å²) in [6, 6.07) is 16.5. The molecule has 2 aromatic carbocycles. The molecule has 0 spiro atoms. The summed E-state index contributed by atoms with van der Waals surface area (Å²) in [6.45, 7) is 6.26. The zero-order valence-corrected chi connectivity index (χ0v) is 22.4. The highest BCUT2D eigenvalue weighted by molar-refractivity contribution is 7.17. The van der Waals surface area contributed by atoms with Crippen molar-refractivity contribution in [1.82, 2.24) is 15.7 Å². The van der Waals surface area contributed by atoms with Gasteiger partial charge in [0.25, 0.3) is 0 Å².